The molecule has 1 aliphatic carbocycles. The van der Waals surface area contributed by atoms with Crippen LogP contribution >= 0.6 is 15.9 Å². The summed E-state index contributed by atoms with van der Waals surface area (Å²) in [5.41, 5.74) is 1.14. The van der Waals surface area contributed by atoms with Crippen LogP contribution in [0.5, 0.6) is 0 Å². The highest BCUT2D eigenvalue weighted by molar-refractivity contribution is 9.10. The summed E-state index contributed by atoms with van der Waals surface area (Å²) in [5.74, 6) is 1.29. The van der Waals surface area contributed by atoms with Crippen molar-refractivity contribution in [2.24, 2.45) is 11.8 Å². The van der Waals surface area contributed by atoms with Gasteiger partial charge >= 0.3 is 0 Å². The standard InChI is InChI=1S/C17H25BrFN/c1-11(2)14-6-4-5-7-17(14)20-12(3)13-8-9-16(19)15(18)10-13/h8-12,14,17,20H,4-7H2,1-3H3. The van der Waals surface area contributed by atoms with Crippen molar-refractivity contribution in [2.45, 2.75) is 58.5 Å². The maximum atomic E-state index is 13.3. The minimum absolute atomic E-state index is 0.196. The van der Waals surface area contributed by atoms with E-state index in [1.165, 1.54) is 25.7 Å². The summed E-state index contributed by atoms with van der Waals surface area (Å²) in [6.45, 7) is 6.82. The van der Waals surface area contributed by atoms with Gasteiger partial charge in [0.15, 0.2) is 0 Å². The highest BCUT2D eigenvalue weighted by Crippen LogP contribution is 2.32. The molecule has 1 nitrogen and oxygen atoms in total. The molecule has 0 bridgehead atoms. The summed E-state index contributed by atoms with van der Waals surface area (Å²) in [6.07, 6.45) is 5.27. The maximum Gasteiger partial charge on any atom is 0.137 e. The second-order valence-corrected chi connectivity index (χ2v) is 7.22. The first-order valence-corrected chi connectivity index (χ1v) is 8.49. The molecule has 20 heavy (non-hydrogen) atoms. The quantitative estimate of drug-likeness (QED) is 0.767. The van der Waals surface area contributed by atoms with E-state index in [1.54, 1.807) is 6.07 Å². The fourth-order valence-corrected chi connectivity index (χ4v) is 3.76. The van der Waals surface area contributed by atoms with Crippen LogP contribution in [0.1, 0.15) is 58.1 Å². The van der Waals surface area contributed by atoms with Gasteiger partial charge < -0.3 is 5.32 Å². The van der Waals surface area contributed by atoms with Crippen molar-refractivity contribution in [2.75, 3.05) is 0 Å². The third kappa shape index (κ3) is 3.82. The van der Waals surface area contributed by atoms with E-state index in [2.05, 4.69) is 42.0 Å². The molecule has 0 amide bonds. The number of hydrogen-bond donors (Lipinski definition) is 1. The van der Waals surface area contributed by atoms with Gasteiger partial charge in [0.25, 0.3) is 0 Å². The van der Waals surface area contributed by atoms with Crippen molar-refractivity contribution in [1.29, 1.82) is 0 Å². The Morgan fingerprint density at radius 3 is 2.55 bits per heavy atom. The minimum atomic E-state index is -0.196. The third-order valence-electron chi connectivity index (χ3n) is 4.58. The predicted octanol–water partition coefficient (Wildman–Crippen LogP) is 5.45. The number of halogens is 2. The second-order valence-electron chi connectivity index (χ2n) is 6.36. The molecular formula is C17H25BrFN. The van der Waals surface area contributed by atoms with Crippen molar-refractivity contribution in [3.63, 3.8) is 0 Å². The molecule has 3 atom stereocenters. The Bertz CT molecular complexity index is 447. The van der Waals surface area contributed by atoms with Crippen LogP contribution < -0.4 is 5.32 Å². The monoisotopic (exact) mass is 341 g/mol. The van der Waals surface area contributed by atoms with Gasteiger partial charge in [0.2, 0.25) is 0 Å². The predicted molar refractivity (Wildman–Crippen MR) is 86.2 cm³/mol. The van der Waals surface area contributed by atoms with Crippen LogP contribution in [0.15, 0.2) is 22.7 Å². The molecule has 3 unspecified atom stereocenters. The van der Waals surface area contributed by atoms with Gasteiger partial charge in [-0.05, 0) is 65.2 Å². The molecule has 1 saturated carbocycles. The first-order chi connectivity index (χ1) is 9.49. The zero-order valence-electron chi connectivity index (χ0n) is 12.6. The summed E-state index contributed by atoms with van der Waals surface area (Å²) in [6, 6.07) is 6.16. The molecule has 2 rings (SSSR count). The highest BCUT2D eigenvalue weighted by Gasteiger charge is 2.28. The van der Waals surface area contributed by atoms with Crippen molar-refractivity contribution in [3.05, 3.63) is 34.1 Å². The van der Waals surface area contributed by atoms with Crippen molar-refractivity contribution in [1.82, 2.24) is 5.32 Å². The Labute approximate surface area is 130 Å². The lowest BCUT2D eigenvalue weighted by atomic mass is 9.77. The normalized spacial score (nSPS) is 24.9. The highest BCUT2D eigenvalue weighted by atomic mass is 79.9. The largest absolute Gasteiger partial charge is 0.307 e. The van der Waals surface area contributed by atoms with Gasteiger partial charge in [-0.15, -0.1) is 0 Å². The van der Waals surface area contributed by atoms with Crippen LogP contribution in [0, 0.1) is 17.7 Å². The van der Waals surface area contributed by atoms with Gasteiger partial charge in [-0.1, -0.05) is 32.8 Å². The lowest BCUT2D eigenvalue weighted by molar-refractivity contribution is 0.195. The Morgan fingerprint density at radius 2 is 1.90 bits per heavy atom. The molecule has 112 valence electrons. The first-order valence-electron chi connectivity index (χ1n) is 7.70. The number of hydrogen-bond acceptors (Lipinski definition) is 1. The first kappa shape index (κ1) is 16.0. The van der Waals surface area contributed by atoms with E-state index < -0.39 is 0 Å². The van der Waals surface area contributed by atoms with E-state index >= 15 is 0 Å². The fourth-order valence-electron chi connectivity index (χ4n) is 3.36. The SMILES string of the molecule is CC(NC1CCCCC1C(C)C)c1ccc(F)c(Br)c1. The fraction of sp³-hybridized carbons (Fsp3) is 0.647. The molecule has 1 aromatic carbocycles. The van der Waals surface area contributed by atoms with E-state index in [1.807, 2.05) is 12.1 Å². The molecule has 0 spiro atoms. The maximum absolute atomic E-state index is 13.3. The van der Waals surface area contributed by atoms with Crippen LogP contribution in [-0.4, -0.2) is 6.04 Å². The Hall–Kier alpha value is -0.410. The molecule has 0 saturated heterocycles. The zero-order valence-corrected chi connectivity index (χ0v) is 14.2. The molecule has 0 aromatic heterocycles. The minimum Gasteiger partial charge on any atom is -0.307 e. The van der Waals surface area contributed by atoms with Gasteiger partial charge in [0.1, 0.15) is 5.82 Å². The summed E-state index contributed by atoms with van der Waals surface area (Å²) in [5, 5.41) is 3.77. The van der Waals surface area contributed by atoms with Crippen LogP contribution in [0.25, 0.3) is 0 Å². The Balaban J connectivity index is 2.05. The zero-order chi connectivity index (χ0) is 14.7. The van der Waals surface area contributed by atoms with Crippen LogP contribution in [0.3, 0.4) is 0 Å². The molecule has 0 aliphatic heterocycles. The second kappa shape index (κ2) is 7.04. The average molecular weight is 342 g/mol. The summed E-state index contributed by atoms with van der Waals surface area (Å²) >= 11 is 3.27. The van der Waals surface area contributed by atoms with Gasteiger partial charge in [-0.3, -0.25) is 0 Å². The van der Waals surface area contributed by atoms with Crippen LogP contribution in [0.2, 0.25) is 0 Å². The Morgan fingerprint density at radius 1 is 1.20 bits per heavy atom. The number of benzene rings is 1. The molecule has 0 heterocycles. The van der Waals surface area contributed by atoms with Gasteiger partial charge in [0, 0.05) is 12.1 Å². The third-order valence-corrected chi connectivity index (χ3v) is 5.19. The van der Waals surface area contributed by atoms with Gasteiger partial charge in [0.05, 0.1) is 4.47 Å². The van der Waals surface area contributed by atoms with Gasteiger partial charge in [-0.25, -0.2) is 4.39 Å². The van der Waals surface area contributed by atoms with E-state index in [9.17, 15) is 4.39 Å². The topological polar surface area (TPSA) is 12.0 Å². The smallest absolute Gasteiger partial charge is 0.137 e. The van der Waals surface area contributed by atoms with E-state index in [0.29, 0.717) is 10.5 Å². The van der Waals surface area contributed by atoms with Crippen LogP contribution in [0.4, 0.5) is 4.39 Å². The van der Waals surface area contributed by atoms with Crippen molar-refractivity contribution >= 4 is 15.9 Å². The van der Waals surface area contributed by atoms with Crippen molar-refractivity contribution < 1.29 is 4.39 Å². The lowest BCUT2D eigenvalue weighted by Crippen LogP contribution is -2.42. The summed E-state index contributed by atoms with van der Waals surface area (Å²) in [4.78, 5) is 0. The number of nitrogens with one attached hydrogen (secondary N) is 1. The van der Waals surface area contributed by atoms with Crippen molar-refractivity contribution in [3.8, 4) is 0 Å². The molecule has 1 aromatic rings. The summed E-state index contributed by atoms with van der Waals surface area (Å²) < 4.78 is 13.9. The average Bonchev–Trinajstić information content (AvgIpc) is 2.42. The molecule has 0 radical (unpaired) electrons. The number of rotatable bonds is 4. The molecule has 1 aliphatic rings. The summed E-state index contributed by atoms with van der Waals surface area (Å²) in [7, 11) is 0. The molecule has 1 N–H and O–H groups in total. The van der Waals surface area contributed by atoms with Crippen LogP contribution in [-0.2, 0) is 0 Å². The van der Waals surface area contributed by atoms with Gasteiger partial charge in [-0.2, -0.15) is 0 Å². The van der Waals surface area contributed by atoms with E-state index in [0.717, 1.165) is 17.4 Å². The van der Waals surface area contributed by atoms with E-state index in [4.69, 9.17) is 0 Å². The molecule has 1 fully saturated rings. The van der Waals surface area contributed by atoms with E-state index in [-0.39, 0.29) is 11.9 Å². The molecular weight excluding hydrogens is 317 g/mol. The molecule has 3 heteroatoms. The Kier molecular flexibility index (Phi) is 5.62. The lowest BCUT2D eigenvalue weighted by Gasteiger charge is -2.37.